The standard InChI is InChI=1S/C13H10O2S/c1-10(14)16-8-4-5-11-9-15-13-7-3-2-6-12(11)13/h2-3,6-7,9H,8H2,1H3. The number of para-hydroxylation sites is 1. The van der Waals surface area contributed by atoms with Crippen LogP contribution in [-0.2, 0) is 4.79 Å². The van der Waals surface area contributed by atoms with E-state index in [1.807, 2.05) is 24.3 Å². The molecule has 0 spiro atoms. The van der Waals surface area contributed by atoms with E-state index in [1.54, 1.807) is 13.2 Å². The number of furan rings is 1. The summed E-state index contributed by atoms with van der Waals surface area (Å²) in [6.45, 7) is 1.54. The smallest absolute Gasteiger partial charge is 0.186 e. The molecule has 0 unspecified atom stereocenters. The molecule has 0 saturated heterocycles. The summed E-state index contributed by atoms with van der Waals surface area (Å²) >= 11 is 1.22. The van der Waals surface area contributed by atoms with Crippen LogP contribution in [-0.4, -0.2) is 10.9 Å². The van der Waals surface area contributed by atoms with Crippen LogP contribution in [0.2, 0.25) is 0 Å². The molecule has 0 N–H and O–H groups in total. The van der Waals surface area contributed by atoms with Crippen LogP contribution in [0.1, 0.15) is 12.5 Å². The van der Waals surface area contributed by atoms with Gasteiger partial charge in [0.15, 0.2) is 5.12 Å². The molecule has 1 aromatic heterocycles. The van der Waals surface area contributed by atoms with Crippen molar-refractivity contribution in [1.29, 1.82) is 0 Å². The molecule has 0 aliphatic rings. The zero-order valence-corrected chi connectivity index (χ0v) is 9.64. The van der Waals surface area contributed by atoms with Gasteiger partial charge in [-0.3, -0.25) is 4.79 Å². The second-order valence-electron chi connectivity index (χ2n) is 3.23. The molecule has 0 aliphatic carbocycles. The molecule has 2 rings (SSSR count). The molecule has 1 heterocycles. The Kier molecular flexibility index (Phi) is 3.33. The van der Waals surface area contributed by atoms with Crippen molar-refractivity contribution < 1.29 is 9.21 Å². The summed E-state index contributed by atoms with van der Waals surface area (Å²) in [6, 6.07) is 7.76. The van der Waals surface area contributed by atoms with Crippen LogP contribution >= 0.6 is 11.8 Å². The molecule has 80 valence electrons. The summed E-state index contributed by atoms with van der Waals surface area (Å²) in [5.74, 6) is 6.47. The summed E-state index contributed by atoms with van der Waals surface area (Å²) in [4.78, 5) is 10.7. The molecule has 0 atom stereocenters. The van der Waals surface area contributed by atoms with Gasteiger partial charge in [-0.05, 0) is 12.1 Å². The van der Waals surface area contributed by atoms with Gasteiger partial charge in [0, 0.05) is 12.3 Å². The topological polar surface area (TPSA) is 30.2 Å². The van der Waals surface area contributed by atoms with Gasteiger partial charge in [-0.25, -0.2) is 0 Å². The van der Waals surface area contributed by atoms with Crippen LogP contribution in [0, 0.1) is 11.8 Å². The third kappa shape index (κ3) is 2.47. The van der Waals surface area contributed by atoms with Gasteiger partial charge in [-0.15, -0.1) is 0 Å². The van der Waals surface area contributed by atoms with Crippen molar-refractivity contribution >= 4 is 27.8 Å². The van der Waals surface area contributed by atoms with Gasteiger partial charge in [-0.1, -0.05) is 35.7 Å². The van der Waals surface area contributed by atoms with Gasteiger partial charge in [0.05, 0.1) is 11.3 Å². The molecule has 3 heteroatoms. The second-order valence-corrected chi connectivity index (χ2v) is 4.38. The van der Waals surface area contributed by atoms with E-state index in [2.05, 4.69) is 11.8 Å². The predicted octanol–water partition coefficient (Wildman–Crippen LogP) is 3.06. The molecule has 0 saturated carbocycles. The van der Waals surface area contributed by atoms with Crippen molar-refractivity contribution in [2.75, 3.05) is 5.75 Å². The number of hydrogen-bond acceptors (Lipinski definition) is 3. The van der Waals surface area contributed by atoms with Gasteiger partial charge in [0.2, 0.25) is 0 Å². The summed E-state index contributed by atoms with van der Waals surface area (Å²) in [5.41, 5.74) is 1.71. The van der Waals surface area contributed by atoms with Crippen molar-refractivity contribution in [3.05, 3.63) is 36.1 Å². The van der Waals surface area contributed by atoms with E-state index in [9.17, 15) is 4.79 Å². The summed E-state index contributed by atoms with van der Waals surface area (Å²) in [7, 11) is 0. The van der Waals surface area contributed by atoms with Gasteiger partial charge in [0.25, 0.3) is 0 Å². The Labute approximate surface area is 98.0 Å². The maximum atomic E-state index is 10.7. The minimum Gasteiger partial charge on any atom is -0.463 e. The lowest BCUT2D eigenvalue weighted by atomic mass is 10.2. The molecule has 0 aliphatic heterocycles. The SMILES string of the molecule is CC(=O)SCC#Cc1coc2ccccc12. The summed E-state index contributed by atoms with van der Waals surface area (Å²) in [5, 5.41) is 1.11. The average molecular weight is 230 g/mol. The third-order valence-corrected chi connectivity index (χ3v) is 2.75. The molecular formula is C13H10O2S. The fourth-order valence-electron chi connectivity index (χ4n) is 1.34. The highest BCUT2D eigenvalue weighted by Gasteiger charge is 2.00. The van der Waals surface area contributed by atoms with Gasteiger partial charge in [-0.2, -0.15) is 0 Å². The van der Waals surface area contributed by atoms with Crippen molar-refractivity contribution in [1.82, 2.24) is 0 Å². The minimum atomic E-state index is 0.0892. The monoisotopic (exact) mass is 230 g/mol. The maximum absolute atomic E-state index is 10.7. The fourth-order valence-corrected chi connectivity index (χ4v) is 1.69. The van der Waals surface area contributed by atoms with Crippen molar-refractivity contribution in [2.45, 2.75) is 6.92 Å². The first-order chi connectivity index (χ1) is 7.77. The number of thioether (sulfide) groups is 1. The Morgan fingerprint density at radius 1 is 1.44 bits per heavy atom. The molecule has 2 nitrogen and oxygen atoms in total. The van der Waals surface area contributed by atoms with Crippen molar-refractivity contribution in [2.24, 2.45) is 0 Å². The largest absolute Gasteiger partial charge is 0.463 e. The lowest BCUT2D eigenvalue weighted by molar-refractivity contribution is -0.109. The Morgan fingerprint density at radius 2 is 2.25 bits per heavy atom. The van der Waals surface area contributed by atoms with Crippen LogP contribution in [0.25, 0.3) is 11.0 Å². The highest BCUT2D eigenvalue weighted by molar-refractivity contribution is 8.13. The molecule has 0 amide bonds. The molecule has 0 radical (unpaired) electrons. The van der Waals surface area contributed by atoms with Crippen molar-refractivity contribution in [3.63, 3.8) is 0 Å². The highest BCUT2D eigenvalue weighted by atomic mass is 32.2. The number of carbonyl (C=O) groups excluding carboxylic acids is 1. The Balaban J connectivity index is 2.18. The van der Waals surface area contributed by atoms with Crippen LogP contribution in [0.4, 0.5) is 0 Å². The minimum absolute atomic E-state index is 0.0892. The first kappa shape index (κ1) is 10.8. The highest BCUT2D eigenvalue weighted by Crippen LogP contribution is 2.19. The van der Waals surface area contributed by atoms with E-state index >= 15 is 0 Å². The van der Waals surface area contributed by atoms with Crippen LogP contribution < -0.4 is 0 Å². The number of fused-ring (bicyclic) bond motifs is 1. The van der Waals surface area contributed by atoms with E-state index in [4.69, 9.17) is 4.42 Å². The number of rotatable bonds is 1. The molecule has 1 aromatic carbocycles. The summed E-state index contributed by atoms with van der Waals surface area (Å²) in [6.07, 6.45) is 1.65. The zero-order valence-electron chi connectivity index (χ0n) is 8.82. The molecular weight excluding hydrogens is 220 g/mol. The molecule has 2 aromatic rings. The van der Waals surface area contributed by atoms with Gasteiger partial charge < -0.3 is 4.42 Å². The van der Waals surface area contributed by atoms with Crippen LogP contribution in [0.5, 0.6) is 0 Å². The Hall–Kier alpha value is -1.66. The van der Waals surface area contributed by atoms with E-state index < -0.39 is 0 Å². The zero-order chi connectivity index (χ0) is 11.4. The summed E-state index contributed by atoms with van der Waals surface area (Å²) < 4.78 is 5.35. The van der Waals surface area contributed by atoms with Crippen LogP contribution in [0.3, 0.4) is 0 Å². The predicted molar refractivity (Wildman–Crippen MR) is 66.2 cm³/mol. The number of carbonyl (C=O) groups is 1. The van der Waals surface area contributed by atoms with E-state index in [0.29, 0.717) is 5.75 Å². The molecule has 16 heavy (non-hydrogen) atoms. The first-order valence-electron chi connectivity index (χ1n) is 4.86. The van der Waals surface area contributed by atoms with Gasteiger partial charge in [0.1, 0.15) is 11.8 Å². The lowest BCUT2D eigenvalue weighted by Crippen LogP contribution is -1.82. The average Bonchev–Trinajstić information content (AvgIpc) is 2.68. The number of benzene rings is 1. The lowest BCUT2D eigenvalue weighted by Gasteiger charge is -1.86. The third-order valence-electron chi connectivity index (χ3n) is 2.05. The Morgan fingerprint density at radius 3 is 3.06 bits per heavy atom. The second kappa shape index (κ2) is 4.91. The van der Waals surface area contributed by atoms with E-state index in [-0.39, 0.29) is 5.12 Å². The van der Waals surface area contributed by atoms with E-state index in [0.717, 1.165) is 16.5 Å². The van der Waals surface area contributed by atoms with Crippen molar-refractivity contribution in [3.8, 4) is 11.8 Å². The van der Waals surface area contributed by atoms with E-state index in [1.165, 1.54) is 11.8 Å². The first-order valence-corrected chi connectivity index (χ1v) is 5.84. The Bertz CT molecular complexity index is 572. The molecule has 0 fully saturated rings. The normalized spacial score (nSPS) is 9.81. The number of hydrogen-bond donors (Lipinski definition) is 0. The quantitative estimate of drug-likeness (QED) is 0.705. The molecule has 0 bridgehead atoms. The fraction of sp³-hybridized carbons (Fsp3) is 0.154. The van der Waals surface area contributed by atoms with Crippen LogP contribution in [0.15, 0.2) is 34.9 Å². The maximum Gasteiger partial charge on any atom is 0.186 e. The van der Waals surface area contributed by atoms with Gasteiger partial charge >= 0.3 is 0 Å².